The van der Waals surface area contributed by atoms with Crippen molar-refractivity contribution in [1.29, 1.82) is 0 Å². The highest BCUT2D eigenvalue weighted by Crippen LogP contribution is 2.39. The lowest BCUT2D eigenvalue weighted by molar-refractivity contribution is -0.128. The maximum Gasteiger partial charge on any atom is 0.274 e. The Morgan fingerprint density at radius 2 is 1.93 bits per heavy atom. The number of nitrogens with one attached hydrogen (secondary N) is 3. The van der Waals surface area contributed by atoms with E-state index in [1.54, 1.807) is 21.9 Å². The van der Waals surface area contributed by atoms with Crippen molar-refractivity contribution in [3.63, 3.8) is 0 Å². The van der Waals surface area contributed by atoms with Gasteiger partial charge in [0.1, 0.15) is 11.1 Å². The number of carbonyl (C=O) groups excluding carboxylic acids is 3. The number of H-pyrrole nitrogens is 1. The SMILES string of the molecule is CC(C)N1CCn2c(CNC(=O)C3(NC(=O)c4c[nH]c5ncc(C6CC6)nc45)CCCCC3)cc(=O)c(O)c2C1=O. The molecule has 3 aliphatic rings. The molecular weight excluding hydrogens is 526 g/mol. The van der Waals surface area contributed by atoms with Crippen molar-refractivity contribution >= 4 is 28.9 Å². The Balaban J connectivity index is 1.24. The van der Waals surface area contributed by atoms with Crippen LogP contribution in [0.3, 0.4) is 0 Å². The first-order valence-corrected chi connectivity index (χ1v) is 14.4. The second kappa shape index (κ2) is 10.3. The van der Waals surface area contributed by atoms with Gasteiger partial charge >= 0.3 is 0 Å². The summed E-state index contributed by atoms with van der Waals surface area (Å²) in [6.07, 6.45) is 8.92. The van der Waals surface area contributed by atoms with Crippen LogP contribution in [0.25, 0.3) is 11.2 Å². The molecule has 0 saturated heterocycles. The number of aromatic nitrogens is 4. The first-order valence-electron chi connectivity index (χ1n) is 14.4. The Labute approximate surface area is 236 Å². The predicted octanol–water partition coefficient (Wildman–Crippen LogP) is 2.32. The fraction of sp³-hybridized carbons (Fsp3) is 0.517. The van der Waals surface area contributed by atoms with Gasteiger partial charge in [0.25, 0.3) is 11.8 Å². The molecule has 0 unspecified atom stereocenters. The van der Waals surface area contributed by atoms with Crippen LogP contribution in [0.15, 0.2) is 23.3 Å². The lowest BCUT2D eigenvalue weighted by Crippen LogP contribution is -2.59. The van der Waals surface area contributed by atoms with E-state index in [-0.39, 0.29) is 24.2 Å². The van der Waals surface area contributed by atoms with Crippen molar-refractivity contribution < 1.29 is 19.5 Å². The highest BCUT2D eigenvalue weighted by molar-refractivity contribution is 6.06. The van der Waals surface area contributed by atoms with E-state index in [2.05, 4.69) is 20.6 Å². The molecule has 1 aliphatic heterocycles. The van der Waals surface area contributed by atoms with Crippen molar-refractivity contribution in [2.24, 2.45) is 0 Å². The van der Waals surface area contributed by atoms with Crippen LogP contribution in [0, 0.1) is 0 Å². The fourth-order valence-corrected chi connectivity index (χ4v) is 6.09. The molecule has 3 aromatic heterocycles. The lowest BCUT2D eigenvalue weighted by atomic mass is 9.80. The zero-order valence-electron chi connectivity index (χ0n) is 23.3. The van der Waals surface area contributed by atoms with E-state index in [4.69, 9.17) is 4.98 Å². The number of aromatic hydroxyl groups is 1. The summed E-state index contributed by atoms with van der Waals surface area (Å²) in [5.41, 5.74) is 0.790. The molecule has 4 heterocycles. The zero-order chi connectivity index (χ0) is 28.9. The Bertz CT molecular complexity index is 1600. The average Bonchev–Trinajstić information content (AvgIpc) is 3.72. The summed E-state index contributed by atoms with van der Waals surface area (Å²) in [4.78, 5) is 66.7. The summed E-state index contributed by atoms with van der Waals surface area (Å²) in [6, 6.07) is 1.17. The first-order chi connectivity index (χ1) is 19.7. The Morgan fingerprint density at radius 1 is 1.17 bits per heavy atom. The molecule has 3 amide bonds. The summed E-state index contributed by atoms with van der Waals surface area (Å²) < 4.78 is 1.60. The van der Waals surface area contributed by atoms with Crippen LogP contribution in [0.2, 0.25) is 0 Å². The maximum atomic E-state index is 13.8. The van der Waals surface area contributed by atoms with Gasteiger partial charge in [0.2, 0.25) is 11.3 Å². The van der Waals surface area contributed by atoms with Crippen molar-refractivity contribution in [1.82, 2.24) is 35.1 Å². The molecule has 0 aromatic carbocycles. The van der Waals surface area contributed by atoms with Crippen LogP contribution >= 0.6 is 0 Å². The third-order valence-corrected chi connectivity index (χ3v) is 8.59. The number of amides is 3. The second-order valence-electron chi connectivity index (χ2n) is 11.7. The van der Waals surface area contributed by atoms with Crippen LogP contribution in [0.5, 0.6) is 5.75 Å². The zero-order valence-corrected chi connectivity index (χ0v) is 23.3. The van der Waals surface area contributed by atoms with Crippen molar-refractivity contribution in [3.05, 3.63) is 51.3 Å². The predicted molar refractivity (Wildman–Crippen MR) is 150 cm³/mol. The van der Waals surface area contributed by atoms with Gasteiger partial charge in [-0.25, -0.2) is 9.97 Å². The van der Waals surface area contributed by atoms with Gasteiger partial charge in [0.05, 0.1) is 24.0 Å². The molecule has 12 heteroatoms. The van der Waals surface area contributed by atoms with E-state index < -0.39 is 28.5 Å². The quantitative estimate of drug-likeness (QED) is 0.344. The Kier molecular flexibility index (Phi) is 6.79. The highest BCUT2D eigenvalue weighted by atomic mass is 16.3. The number of hydrogen-bond acceptors (Lipinski definition) is 7. The van der Waals surface area contributed by atoms with Gasteiger partial charge in [0.15, 0.2) is 17.1 Å². The molecule has 3 aromatic rings. The minimum atomic E-state index is -1.13. The van der Waals surface area contributed by atoms with E-state index in [1.807, 2.05) is 13.8 Å². The normalized spacial score (nSPS) is 18.4. The number of carbonyl (C=O) groups is 3. The summed E-state index contributed by atoms with van der Waals surface area (Å²) in [7, 11) is 0. The topological polar surface area (TPSA) is 162 Å². The second-order valence-corrected chi connectivity index (χ2v) is 11.7. The molecule has 4 N–H and O–H groups in total. The number of rotatable bonds is 7. The van der Waals surface area contributed by atoms with Crippen LogP contribution in [0.4, 0.5) is 0 Å². The van der Waals surface area contributed by atoms with Gasteiger partial charge in [-0.1, -0.05) is 19.3 Å². The van der Waals surface area contributed by atoms with E-state index in [1.165, 1.54) is 6.07 Å². The molecule has 0 bridgehead atoms. The van der Waals surface area contributed by atoms with Crippen LogP contribution < -0.4 is 16.1 Å². The van der Waals surface area contributed by atoms with E-state index >= 15 is 0 Å². The molecule has 2 aliphatic carbocycles. The van der Waals surface area contributed by atoms with Gasteiger partial charge in [-0.05, 0) is 39.5 Å². The lowest BCUT2D eigenvalue weighted by Gasteiger charge is -2.37. The number of pyridine rings is 1. The van der Waals surface area contributed by atoms with Gasteiger partial charge < -0.3 is 30.2 Å². The standard InChI is InChI=1S/C29H35N7O5/c1-16(2)35-10-11-36-18(12-21(37)24(38)23(36)27(35)40)13-32-28(41)29(8-4-3-5-9-29)34-26(39)19-14-30-25-22(19)33-20(15-31-25)17-6-7-17/h12,14-17,38H,3-11,13H2,1-2H3,(H,30,31)(H,32,41)(H,34,39). The molecule has 6 rings (SSSR count). The van der Waals surface area contributed by atoms with Crippen molar-refractivity contribution in [2.45, 2.75) is 89.4 Å². The molecular formula is C29H35N7O5. The van der Waals surface area contributed by atoms with Crippen LogP contribution in [-0.4, -0.2) is 65.4 Å². The van der Waals surface area contributed by atoms with E-state index in [0.29, 0.717) is 54.3 Å². The third kappa shape index (κ3) is 4.85. The summed E-state index contributed by atoms with van der Waals surface area (Å²) in [5, 5.41) is 16.4. The molecule has 0 radical (unpaired) electrons. The molecule has 0 spiro atoms. The number of nitrogens with zero attached hydrogens (tertiary/aromatic N) is 4. The summed E-state index contributed by atoms with van der Waals surface area (Å²) >= 11 is 0. The van der Waals surface area contributed by atoms with E-state index in [0.717, 1.165) is 37.8 Å². The maximum absolute atomic E-state index is 13.8. The third-order valence-electron chi connectivity index (χ3n) is 8.59. The molecule has 2 saturated carbocycles. The summed E-state index contributed by atoms with van der Waals surface area (Å²) in [5.74, 6) is -1.37. The molecule has 216 valence electrons. The molecule has 2 fully saturated rings. The minimum Gasteiger partial charge on any atom is -0.503 e. The largest absolute Gasteiger partial charge is 0.503 e. The number of hydrogen-bond donors (Lipinski definition) is 4. The van der Waals surface area contributed by atoms with Gasteiger partial charge in [-0.3, -0.25) is 19.2 Å². The average molecular weight is 562 g/mol. The highest BCUT2D eigenvalue weighted by Gasteiger charge is 2.42. The summed E-state index contributed by atoms with van der Waals surface area (Å²) in [6.45, 7) is 4.52. The Morgan fingerprint density at radius 3 is 2.63 bits per heavy atom. The smallest absolute Gasteiger partial charge is 0.274 e. The fourth-order valence-electron chi connectivity index (χ4n) is 6.09. The first kappa shape index (κ1) is 27.0. The molecule has 12 nitrogen and oxygen atoms in total. The van der Waals surface area contributed by atoms with Gasteiger partial charge in [-0.15, -0.1) is 0 Å². The van der Waals surface area contributed by atoms with Crippen molar-refractivity contribution in [2.75, 3.05) is 6.54 Å². The van der Waals surface area contributed by atoms with Crippen LogP contribution in [0.1, 0.15) is 96.9 Å². The van der Waals surface area contributed by atoms with Crippen molar-refractivity contribution in [3.8, 4) is 5.75 Å². The van der Waals surface area contributed by atoms with Gasteiger partial charge in [0, 0.05) is 43.0 Å². The van der Waals surface area contributed by atoms with Gasteiger partial charge in [-0.2, -0.15) is 0 Å². The monoisotopic (exact) mass is 561 g/mol. The molecule has 0 atom stereocenters. The number of aromatic amines is 1. The number of fused-ring (bicyclic) bond motifs is 2. The minimum absolute atomic E-state index is 0.0305. The van der Waals surface area contributed by atoms with E-state index in [9.17, 15) is 24.3 Å². The Hall–Kier alpha value is -4.22. The van der Waals surface area contributed by atoms with Crippen LogP contribution in [-0.2, 0) is 17.9 Å². The molecule has 41 heavy (non-hydrogen) atoms.